The molecular weight excluding hydrogens is 523 g/mol. The molecule has 0 aliphatic carbocycles. The fourth-order valence-corrected chi connectivity index (χ4v) is 4.98. The standard InChI is InChI=1S/C27H34BF2N5O5/c1-26(2,34-12-10-27(29,30)18-34)14-21(16-32)24(36)35-11-4-3-5-22(35)17-40-25(37)33-23(28(38)39)13-19-6-8-20(15-31)9-7-19/h6-9,14,22-23,38-39H,3-5,10-13,17-18H2,1-2H3,(H,33,37)/t22?,23-/m0/s1. The van der Waals surface area contributed by atoms with Gasteiger partial charge in [-0.3, -0.25) is 9.69 Å². The Hall–Kier alpha value is -3.52. The number of nitrogens with zero attached hydrogens (tertiary/aromatic N) is 4. The molecule has 1 aromatic carbocycles. The normalized spacial score (nSPS) is 20.2. The van der Waals surface area contributed by atoms with Gasteiger partial charge in [0.15, 0.2) is 0 Å². The SMILES string of the molecule is CC(C)(C=C(C#N)C(=O)N1CCCCC1COC(=O)N[C@@H](Cc1ccc(C#N)cc1)B(O)O)N1CCC(F)(F)C1. The molecule has 13 heteroatoms. The van der Waals surface area contributed by atoms with Crippen molar-refractivity contribution in [2.24, 2.45) is 0 Å². The van der Waals surface area contributed by atoms with Crippen molar-refractivity contribution < 1.29 is 33.2 Å². The number of benzene rings is 1. The molecule has 0 spiro atoms. The van der Waals surface area contributed by atoms with Crippen molar-refractivity contribution >= 4 is 19.1 Å². The Morgan fingerprint density at radius 1 is 1.25 bits per heavy atom. The number of piperidine rings is 1. The minimum atomic E-state index is -2.81. The Labute approximate surface area is 232 Å². The highest BCUT2D eigenvalue weighted by atomic mass is 19.3. The number of rotatable bonds is 9. The molecule has 2 amide bonds. The first-order chi connectivity index (χ1) is 18.8. The van der Waals surface area contributed by atoms with Gasteiger partial charge in [0, 0.05) is 25.0 Å². The molecule has 1 unspecified atom stereocenters. The minimum absolute atomic E-state index is 0.0710. The van der Waals surface area contributed by atoms with Crippen molar-refractivity contribution in [3.8, 4) is 12.1 Å². The van der Waals surface area contributed by atoms with Gasteiger partial charge in [-0.25, -0.2) is 13.6 Å². The molecular formula is C27H34BF2N5O5. The van der Waals surface area contributed by atoms with E-state index >= 15 is 0 Å². The van der Waals surface area contributed by atoms with Crippen molar-refractivity contribution in [2.45, 2.75) is 69.4 Å². The largest absolute Gasteiger partial charge is 0.475 e. The molecule has 2 aliphatic heterocycles. The van der Waals surface area contributed by atoms with Gasteiger partial charge in [0.2, 0.25) is 0 Å². The average Bonchev–Trinajstić information content (AvgIpc) is 3.30. The van der Waals surface area contributed by atoms with E-state index in [4.69, 9.17) is 10.00 Å². The van der Waals surface area contributed by atoms with Crippen molar-refractivity contribution in [1.82, 2.24) is 15.1 Å². The van der Waals surface area contributed by atoms with Crippen LogP contribution in [-0.2, 0) is 16.0 Å². The first kappa shape index (κ1) is 31.0. The monoisotopic (exact) mass is 557 g/mol. The second-order valence-electron chi connectivity index (χ2n) is 10.8. The third-order valence-corrected chi connectivity index (χ3v) is 7.33. The van der Waals surface area contributed by atoms with E-state index in [-0.39, 0.29) is 31.6 Å². The molecule has 0 saturated carbocycles. The molecule has 0 aromatic heterocycles. The average molecular weight is 557 g/mol. The topological polar surface area (TPSA) is 150 Å². The van der Waals surface area contributed by atoms with Gasteiger partial charge in [0.25, 0.3) is 11.8 Å². The molecule has 3 rings (SSSR count). The number of alkyl halides is 2. The molecule has 0 radical (unpaired) electrons. The van der Waals surface area contributed by atoms with Crippen LogP contribution in [0.4, 0.5) is 13.6 Å². The van der Waals surface area contributed by atoms with E-state index in [0.717, 1.165) is 6.42 Å². The van der Waals surface area contributed by atoms with E-state index in [2.05, 4.69) is 5.32 Å². The highest BCUT2D eigenvalue weighted by molar-refractivity contribution is 6.43. The lowest BCUT2D eigenvalue weighted by atomic mass is 9.76. The maximum absolute atomic E-state index is 13.8. The summed E-state index contributed by atoms with van der Waals surface area (Å²) in [5, 5.41) is 40.6. The van der Waals surface area contributed by atoms with Crippen LogP contribution >= 0.6 is 0 Å². The molecule has 3 N–H and O–H groups in total. The van der Waals surface area contributed by atoms with E-state index in [1.807, 2.05) is 12.1 Å². The van der Waals surface area contributed by atoms with Gasteiger partial charge in [-0.05, 0) is 63.3 Å². The quantitative estimate of drug-likeness (QED) is 0.238. The van der Waals surface area contributed by atoms with Gasteiger partial charge in [-0.1, -0.05) is 12.1 Å². The van der Waals surface area contributed by atoms with Gasteiger partial charge in [-0.15, -0.1) is 0 Å². The number of hydrogen-bond acceptors (Lipinski definition) is 8. The predicted octanol–water partition coefficient (Wildman–Crippen LogP) is 2.16. The summed E-state index contributed by atoms with van der Waals surface area (Å²) in [5.74, 6) is -4.46. The number of amides is 2. The smallest absolute Gasteiger partial charge is 0.447 e. The molecule has 10 nitrogen and oxygen atoms in total. The first-order valence-electron chi connectivity index (χ1n) is 13.2. The van der Waals surface area contributed by atoms with Crippen molar-refractivity contribution in [3.63, 3.8) is 0 Å². The van der Waals surface area contributed by atoms with Crippen LogP contribution in [0.1, 0.15) is 50.7 Å². The van der Waals surface area contributed by atoms with Gasteiger partial charge >= 0.3 is 13.2 Å². The minimum Gasteiger partial charge on any atom is -0.447 e. The Kier molecular flexibility index (Phi) is 10.3. The lowest BCUT2D eigenvalue weighted by molar-refractivity contribution is -0.131. The molecule has 214 valence electrons. The summed E-state index contributed by atoms with van der Waals surface area (Å²) in [4.78, 5) is 28.9. The number of nitrogens with one attached hydrogen (secondary N) is 1. The Balaban J connectivity index is 1.62. The number of nitriles is 2. The number of alkyl carbamates (subject to hydrolysis) is 1. The summed E-state index contributed by atoms with van der Waals surface area (Å²) in [6.45, 7) is 3.23. The number of hydrogen-bond donors (Lipinski definition) is 3. The zero-order valence-corrected chi connectivity index (χ0v) is 22.6. The molecule has 1 aromatic rings. The summed E-state index contributed by atoms with van der Waals surface area (Å²) in [7, 11) is -1.88. The third kappa shape index (κ3) is 8.24. The highest BCUT2D eigenvalue weighted by Crippen LogP contribution is 2.33. The van der Waals surface area contributed by atoms with Gasteiger partial charge in [-0.2, -0.15) is 10.5 Å². The zero-order chi connectivity index (χ0) is 29.5. The van der Waals surface area contributed by atoms with Crippen LogP contribution < -0.4 is 5.32 Å². The number of carbonyl (C=O) groups excluding carboxylic acids is 2. The molecule has 2 heterocycles. The number of halogens is 2. The Morgan fingerprint density at radius 3 is 2.52 bits per heavy atom. The molecule has 2 saturated heterocycles. The highest BCUT2D eigenvalue weighted by Gasteiger charge is 2.43. The van der Waals surface area contributed by atoms with Crippen LogP contribution in [0.3, 0.4) is 0 Å². The van der Waals surface area contributed by atoms with E-state index in [9.17, 15) is 33.7 Å². The Bertz CT molecular complexity index is 1180. The van der Waals surface area contributed by atoms with Crippen LogP contribution in [0.5, 0.6) is 0 Å². The number of carbonyl (C=O) groups is 2. The number of likely N-dealkylation sites (tertiary alicyclic amines) is 2. The lowest BCUT2D eigenvalue weighted by Gasteiger charge is -2.36. The van der Waals surface area contributed by atoms with E-state index in [1.54, 1.807) is 43.0 Å². The summed E-state index contributed by atoms with van der Waals surface area (Å²) in [6.07, 6.45) is 2.30. The number of ether oxygens (including phenoxy) is 1. The molecule has 2 aliphatic rings. The van der Waals surface area contributed by atoms with Crippen molar-refractivity contribution in [3.05, 3.63) is 47.0 Å². The second kappa shape index (κ2) is 13.2. The first-order valence-corrected chi connectivity index (χ1v) is 13.2. The van der Waals surface area contributed by atoms with Gasteiger partial charge in [0.05, 0.1) is 30.2 Å². The van der Waals surface area contributed by atoms with Crippen LogP contribution in [0.25, 0.3) is 0 Å². The maximum Gasteiger partial charge on any atom is 0.475 e. The molecule has 40 heavy (non-hydrogen) atoms. The summed E-state index contributed by atoms with van der Waals surface area (Å²) >= 11 is 0. The van der Waals surface area contributed by atoms with E-state index < -0.39 is 49.1 Å². The van der Waals surface area contributed by atoms with Crippen LogP contribution in [0.15, 0.2) is 35.9 Å². The summed E-state index contributed by atoms with van der Waals surface area (Å²) < 4.78 is 32.9. The molecule has 0 bridgehead atoms. The summed E-state index contributed by atoms with van der Waals surface area (Å²) in [5.41, 5.74) is -0.00291. The van der Waals surface area contributed by atoms with E-state index in [0.29, 0.717) is 30.5 Å². The van der Waals surface area contributed by atoms with Crippen LogP contribution in [0.2, 0.25) is 0 Å². The molecule has 2 fully saturated rings. The predicted molar refractivity (Wildman–Crippen MR) is 142 cm³/mol. The van der Waals surface area contributed by atoms with Gasteiger partial charge in [0.1, 0.15) is 18.2 Å². The lowest BCUT2D eigenvalue weighted by Crippen LogP contribution is -2.50. The zero-order valence-electron chi connectivity index (χ0n) is 22.6. The van der Waals surface area contributed by atoms with Crippen LogP contribution in [-0.4, -0.2) is 88.7 Å². The van der Waals surface area contributed by atoms with Crippen molar-refractivity contribution in [1.29, 1.82) is 10.5 Å². The second-order valence-corrected chi connectivity index (χ2v) is 10.8. The summed E-state index contributed by atoms with van der Waals surface area (Å²) in [6, 6.07) is 9.83. The Morgan fingerprint density at radius 2 is 1.95 bits per heavy atom. The van der Waals surface area contributed by atoms with Crippen LogP contribution in [0, 0.1) is 22.7 Å². The molecule has 2 atom stereocenters. The van der Waals surface area contributed by atoms with E-state index in [1.165, 1.54) is 11.0 Å². The third-order valence-electron chi connectivity index (χ3n) is 7.33. The fourth-order valence-electron chi connectivity index (χ4n) is 4.98. The van der Waals surface area contributed by atoms with Gasteiger partial charge < -0.3 is 25.0 Å². The maximum atomic E-state index is 13.8. The van der Waals surface area contributed by atoms with Crippen molar-refractivity contribution in [2.75, 3.05) is 26.2 Å². The fraction of sp³-hybridized carbons (Fsp3) is 0.556.